The Morgan fingerprint density at radius 1 is 1.12 bits per heavy atom. The van der Waals surface area contributed by atoms with Crippen LogP contribution >= 0.6 is 11.3 Å². The number of thiazole rings is 1. The summed E-state index contributed by atoms with van der Waals surface area (Å²) in [4.78, 5) is 13.3. The van der Waals surface area contributed by atoms with E-state index in [9.17, 15) is 0 Å². The summed E-state index contributed by atoms with van der Waals surface area (Å²) in [5.74, 6) is 1.57. The molecular weight excluding hydrogens is 220 g/mol. The molecule has 2 aromatic rings. The zero-order valence-corrected chi connectivity index (χ0v) is 10.6. The van der Waals surface area contributed by atoms with Crippen molar-refractivity contribution in [1.29, 1.82) is 0 Å². The minimum absolute atomic E-state index is 0.700. The lowest BCUT2D eigenvalue weighted by molar-refractivity contribution is 1.06. The van der Waals surface area contributed by atoms with Crippen molar-refractivity contribution in [3.05, 3.63) is 22.3 Å². The molecule has 16 heavy (non-hydrogen) atoms. The van der Waals surface area contributed by atoms with Crippen molar-refractivity contribution < 1.29 is 0 Å². The number of hydrogen-bond donors (Lipinski definition) is 1. The molecule has 0 saturated carbocycles. The normalized spacial score (nSPS) is 10.5. The van der Waals surface area contributed by atoms with Crippen molar-refractivity contribution in [2.75, 3.05) is 12.4 Å². The Labute approximate surface area is 98.8 Å². The Kier molecular flexibility index (Phi) is 2.87. The first-order valence-corrected chi connectivity index (χ1v) is 5.95. The zero-order valence-electron chi connectivity index (χ0n) is 9.83. The van der Waals surface area contributed by atoms with E-state index in [1.807, 2.05) is 33.2 Å². The lowest BCUT2D eigenvalue weighted by Gasteiger charge is -2.07. The van der Waals surface area contributed by atoms with Gasteiger partial charge in [0.25, 0.3) is 0 Å². The molecule has 0 aliphatic carbocycles. The summed E-state index contributed by atoms with van der Waals surface area (Å²) in [5, 5.41) is 5.96. The molecule has 0 amide bonds. The van der Waals surface area contributed by atoms with Gasteiger partial charge in [-0.1, -0.05) is 0 Å². The van der Waals surface area contributed by atoms with Crippen LogP contribution < -0.4 is 5.32 Å². The van der Waals surface area contributed by atoms with Crippen LogP contribution in [-0.4, -0.2) is 22.0 Å². The van der Waals surface area contributed by atoms with E-state index >= 15 is 0 Å². The lowest BCUT2D eigenvalue weighted by atomic mass is 10.2. The second-order valence-corrected chi connectivity index (χ2v) is 4.51. The van der Waals surface area contributed by atoms with Crippen LogP contribution in [0.1, 0.15) is 17.0 Å². The van der Waals surface area contributed by atoms with Gasteiger partial charge in [-0.05, 0) is 20.8 Å². The molecule has 0 unspecified atom stereocenters. The first-order valence-electron chi connectivity index (χ1n) is 5.07. The summed E-state index contributed by atoms with van der Waals surface area (Å²) in [6, 6.07) is 0. The van der Waals surface area contributed by atoms with Crippen molar-refractivity contribution >= 4 is 17.2 Å². The maximum atomic E-state index is 4.46. The third-order valence-electron chi connectivity index (χ3n) is 2.44. The SMILES string of the molecule is CNc1nc(-c2nc(C)cs2)nc(C)c1C. The molecule has 0 saturated heterocycles. The van der Waals surface area contributed by atoms with Crippen LogP contribution in [0.4, 0.5) is 5.82 Å². The zero-order chi connectivity index (χ0) is 11.7. The van der Waals surface area contributed by atoms with Crippen LogP contribution in [0, 0.1) is 20.8 Å². The van der Waals surface area contributed by atoms with E-state index in [1.54, 1.807) is 11.3 Å². The Morgan fingerprint density at radius 2 is 1.88 bits per heavy atom. The molecule has 0 aliphatic heterocycles. The van der Waals surface area contributed by atoms with Crippen LogP contribution in [0.3, 0.4) is 0 Å². The summed E-state index contributed by atoms with van der Waals surface area (Å²) in [6.45, 7) is 5.97. The second kappa shape index (κ2) is 4.17. The molecule has 84 valence electrons. The minimum atomic E-state index is 0.700. The van der Waals surface area contributed by atoms with Crippen molar-refractivity contribution in [2.24, 2.45) is 0 Å². The van der Waals surface area contributed by atoms with Gasteiger partial charge in [0.15, 0.2) is 10.8 Å². The van der Waals surface area contributed by atoms with Crippen LogP contribution in [0.15, 0.2) is 5.38 Å². The van der Waals surface area contributed by atoms with Crippen LogP contribution in [0.25, 0.3) is 10.8 Å². The monoisotopic (exact) mass is 234 g/mol. The number of hydrogen-bond acceptors (Lipinski definition) is 5. The minimum Gasteiger partial charge on any atom is -0.373 e. The molecule has 4 nitrogen and oxygen atoms in total. The summed E-state index contributed by atoms with van der Waals surface area (Å²) < 4.78 is 0. The molecule has 0 spiro atoms. The van der Waals surface area contributed by atoms with E-state index < -0.39 is 0 Å². The van der Waals surface area contributed by atoms with Gasteiger partial charge in [0.05, 0.1) is 0 Å². The smallest absolute Gasteiger partial charge is 0.190 e. The number of aryl methyl sites for hydroxylation is 2. The molecule has 2 aromatic heterocycles. The summed E-state index contributed by atoms with van der Waals surface area (Å²) in [7, 11) is 1.87. The Bertz CT molecular complexity index is 519. The van der Waals surface area contributed by atoms with Crippen molar-refractivity contribution in [1.82, 2.24) is 15.0 Å². The van der Waals surface area contributed by atoms with Gasteiger partial charge >= 0.3 is 0 Å². The van der Waals surface area contributed by atoms with Crippen molar-refractivity contribution in [3.8, 4) is 10.8 Å². The fourth-order valence-corrected chi connectivity index (χ4v) is 2.15. The van der Waals surface area contributed by atoms with Gasteiger partial charge in [0.1, 0.15) is 5.82 Å². The lowest BCUT2D eigenvalue weighted by Crippen LogP contribution is -2.02. The molecule has 5 heteroatoms. The van der Waals surface area contributed by atoms with Crippen molar-refractivity contribution in [2.45, 2.75) is 20.8 Å². The quantitative estimate of drug-likeness (QED) is 0.867. The van der Waals surface area contributed by atoms with E-state index in [0.29, 0.717) is 5.82 Å². The summed E-state index contributed by atoms with van der Waals surface area (Å²) in [6.07, 6.45) is 0. The molecule has 0 atom stereocenters. The van der Waals surface area contributed by atoms with Crippen LogP contribution in [0.5, 0.6) is 0 Å². The maximum Gasteiger partial charge on any atom is 0.190 e. The Balaban J connectivity index is 2.54. The fraction of sp³-hybridized carbons (Fsp3) is 0.364. The van der Waals surface area contributed by atoms with Gasteiger partial charge in [-0.15, -0.1) is 11.3 Å². The highest BCUT2D eigenvalue weighted by Gasteiger charge is 2.10. The molecule has 0 aromatic carbocycles. The molecule has 0 aliphatic rings. The molecule has 1 N–H and O–H groups in total. The third kappa shape index (κ3) is 1.90. The Morgan fingerprint density at radius 3 is 2.44 bits per heavy atom. The average molecular weight is 234 g/mol. The van der Waals surface area contributed by atoms with Crippen LogP contribution in [0.2, 0.25) is 0 Å². The highest BCUT2D eigenvalue weighted by molar-refractivity contribution is 7.13. The van der Waals surface area contributed by atoms with Gasteiger partial charge in [-0.2, -0.15) is 0 Å². The first-order chi connectivity index (χ1) is 7.61. The highest BCUT2D eigenvalue weighted by Crippen LogP contribution is 2.23. The van der Waals surface area contributed by atoms with E-state index in [4.69, 9.17) is 0 Å². The number of aromatic nitrogens is 3. The molecule has 0 bridgehead atoms. The molecule has 2 heterocycles. The van der Waals surface area contributed by atoms with Crippen LogP contribution in [-0.2, 0) is 0 Å². The average Bonchev–Trinajstić information content (AvgIpc) is 2.69. The predicted octanol–water partition coefficient (Wildman–Crippen LogP) is 2.57. The van der Waals surface area contributed by atoms with Gasteiger partial charge in [0, 0.05) is 29.4 Å². The molecular formula is C11H14N4S. The maximum absolute atomic E-state index is 4.46. The van der Waals surface area contributed by atoms with E-state index in [0.717, 1.165) is 27.8 Å². The molecule has 0 radical (unpaired) electrons. The first kappa shape index (κ1) is 11.0. The van der Waals surface area contributed by atoms with Gasteiger partial charge in [-0.25, -0.2) is 15.0 Å². The van der Waals surface area contributed by atoms with E-state index in [2.05, 4.69) is 20.3 Å². The largest absolute Gasteiger partial charge is 0.373 e. The van der Waals surface area contributed by atoms with E-state index in [-0.39, 0.29) is 0 Å². The molecule has 0 fully saturated rings. The Hall–Kier alpha value is -1.49. The summed E-state index contributed by atoms with van der Waals surface area (Å²) in [5.41, 5.74) is 3.08. The van der Waals surface area contributed by atoms with Gasteiger partial charge in [-0.3, -0.25) is 0 Å². The van der Waals surface area contributed by atoms with E-state index in [1.165, 1.54) is 0 Å². The topological polar surface area (TPSA) is 50.7 Å². The number of nitrogens with one attached hydrogen (secondary N) is 1. The summed E-state index contributed by atoms with van der Waals surface area (Å²) >= 11 is 1.57. The number of anilines is 1. The molecule has 2 rings (SSSR count). The fourth-order valence-electron chi connectivity index (χ4n) is 1.42. The van der Waals surface area contributed by atoms with Gasteiger partial charge < -0.3 is 5.32 Å². The number of nitrogens with zero attached hydrogens (tertiary/aromatic N) is 3. The van der Waals surface area contributed by atoms with Gasteiger partial charge in [0.2, 0.25) is 0 Å². The highest BCUT2D eigenvalue weighted by atomic mass is 32.1. The predicted molar refractivity (Wildman–Crippen MR) is 66.9 cm³/mol. The standard InChI is InChI=1S/C11H14N4S/c1-6-5-16-11(13-6)10-14-8(3)7(2)9(12-4)15-10/h5H,1-4H3,(H,12,14,15). The van der Waals surface area contributed by atoms with Crippen molar-refractivity contribution in [3.63, 3.8) is 0 Å². The third-order valence-corrected chi connectivity index (χ3v) is 3.39. The number of rotatable bonds is 2. The second-order valence-electron chi connectivity index (χ2n) is 3.65.